The molecule has 2 aromatic carbocycles. The lowest BCUT2D eigenvalue weighted by atomic mass is 9.99. The van der Waals surface area contributed by atoms with Gasteiger partial charge in [0.25, 0.3) is 0 Å². The van der Waals surface area contributed by atoms with E-state index in [9.17, 15) is 0 Å². The van der Waals surface area contributed by atoms with Crippen molar-refractivity contribution in [3.8, 4) is 16.9 Å². The normalized spacial score (nSPS) is 11.4. The summed E-state index contributed by atoms with van der Waals surface area (Å²) in [6.45, 7) is 9.31. The summed E-state index contributed by atoms with van der Waals surface area (Å²) in [5, 5.41) is 1.49. The van der Waals surface area contributed by atoms with E-state index in [0.29, 0.717) is 0 Å². The zero-order chi connectivity index (χ0) is 14.0. The highest BCUT2D eigenvalue weighted by atomic mass is 28.3. The number of hydrogen-bond acceptors (Lipinski definition) is 1. The molecule has 0 atom stereocenters. The van der Waals surface area contributed by atoms with E-state index >= 15 is 0 Å². The van der Waals surface area contributed by atoms with E-state index in [4.69, 9.17) is 4.74 Å². The Morgan fingerprint density at radius 1 is 0.895 bits per heavy atom. The molecule has 0 saturated carbocycles. The van der Waals surface area contributed by atoms with Crippen LogP contribution in [0.3, 0.4) is 0 Å². The maximum Gasteiger partial charge on any atom is 0.126 e. The molecule has 0 amide bonds. The minimum atomic E-state index is -1.37. The van der Waals surface area contributed by atoms with Gasteiger partial charge in [-0.2, -0.15) is 0 Å². The largest absolute Gasteiger partial charge is 0.496 e. The zero-order valence-electron chi connectivity index (χ0n) is 12.4. The van der Waals surface area contributed by atoms with Crippen LogP contribution in [-0.4, -0.2) is 15.2 Å². The van der Waals surface area contributed by atoms with Crippen LogP contribution in [0.1, 0.15) is 5.56 Å². The third-order valence-corrected chi connectivity index (χ3v) is 5.51. The van der Waals surface area contributed by atoms with Crippen LogP contribution < -0.4 is 9.92 Å². The van der Waals surface area contributed by atoms with Crippen molar-refractivity contribution in [3.05, 3.63) is 48.0 Å². The number of aryl methyl sites for hydroxylation is 1. The van der Waals surface area contributed by atoms with Crippen LogP contribution in [0, 0.1) is 6.92 Å². The first-order chi connectivity index (χ1) is 8.95. The van der Waals surface area contributed by atoms with Crippen molar-refractivity contribution in [2.45, 2.75) is 26.6 Å². The molecule has 19 heavy (non-hydrogen) atoms. The molecule has 2 heteroatoms. The average molecular weight is 270 g/mol. The molecule has 100 valence electrons. The number of hydrogen-bond donors (Lipinski definition) is 0. The van der Waals surface area contributed by atoms with Gasteiger partial charge in [0.1, 0.15) is 5.75 Å². The van der Waals surface area contributed by atoms with Crippen LogP contribution in [0.5, 0.6) is 5.75 Å². The summed E-state index contributed by atoms with van der Waals surface area (Å²) in [5.74, 6) is 0.964. The third kappa shape index (κ3) is 2.74. The predicted molar refractivity (Wildman–Crippen MR) is 86.1 cm³/mol. The summed E-state index contributed by atoms with van der Waals surface area (Å²) >= 11 is 0. The molecule has 0 bridgehead atoms. The molecule has 2 aromatic rings. The van der Waals surface area contributed by atoms with Crippen molar-refractivity contribution in [2.75, 3.05) is 7.11 Å². The first-order valence-electron chi connectivity index (χ1n) is 6.68. The third-order valence-electron chi connectivity index (χ3n) is 3.46. The highest BCUT2D eigenvalue weighted by Crippen LogP contribution is 2.32. The predicted octanol–water partition coefficient (Wildman–Crippen LogP) is 4.22. The molecule has 1 nitrogen and oxygen atoms in total. The van der Waals surface area contributed by atoms with Crippen LogP contribution in [0.25, 0.3) is 11.1 Å². The Bertz CT molecular complexity index is 582. The summed E-state index contributed by atoms with van der Waals surface area (Å²) < 4.78 is 5.56. The first-order valence-corrected chi connectivity index (χ1v) is 10.2. The van der Waals surface area contributed by atoms with Crippen LogP contribution in [0.2, 0.25) is 19.6 Å². The Labute approximate surface area is 117 Å². The number of ether oxygens (including phenoxy) is 1. The highest BCUT2D eigenvalue weighted by Gasteiger charge is 2.22. The van der Waals surface area contributed by atoms with Crippen LogP contribution >= 0.6 is 0 Å². The Morgan fingerprint density at radius 3 is 2.21 bits per heavy atom. The molecule has 0 aliphatic rings. The molecule has 0 radical (unpaired) electrons. The van der Waals surface area contributed by atoms with Gasteiger partial charge in [-0.15, -0.1) is 0 Å². The van der Waals surface area contributed by atoms with E-state index in [1.165, 1.54) is 21.9 Å². The van der Waals surface area contributed by atoms with Gasteiger partial charge >= 0.3 is 0 Å². The molecule has 0 heterocycles. The summed E-state index contributed by atoms with van der Waals surface area (Å²) in [7, 11) is 0.371. The van der Waals surface area contributed by atoms with Gasteiger partial charge < -0.3 is 4.74 Å². The van der Waals surface area contributed by atoms with E-state index in [0.717, 1.165) is 5.75 Å². The van der Waals surface area contributed by atoms with E-state index < -0.39 is 8.07 Å². The van der Waals surface area contributed by atoms with Crippen molar-refractivity contribution >= 4 is 13.3 Å². The van der Waals surface area contributed by atoms with Crippen molar-refractivity contribution in [3.63, 3.8) is 0 Å². The van der Waals surface area contributed by atoms with Gasteiger partial charge in [0, 0.05) is 5.56 Å². The molecule has 0 unspecified atom stereocenters. The van der Waals surface area contributed by atoms with Gasteiger partial charge in [0.15, 0.2) is 0 Å². The van der Waals surface area contributed by atoms with Gasteiger partial charge in [-0.1, -0.05) is 61.2 Å². The summed E-state index contributed by atoms with van der Waals surface area (Å²) in [5.41, 5.74) is 3.84. The molecule has 2 rings (SSSR count). The molecule has 0 fully saturated rings. The smallest absolute Gasteiger partial charge is 0.126 e. The Balaban J connectivity index is 2.73. The fourth-order valence-electron chi connectivity index (χ4n) is 2.51. The summed E-state index contributed by atoms with van der Waals surface area (Å²) in [4.78, 5) is 0. The summed E-state index contributed by atoms with van der Waals surface area (Å²) in [6, 6.07) is 15.0. The fourth-order valence-corrected chi connectivity index (χ4v) is 4.12. The van der Waals surface area contributed by atoms with Crippen LogP contribution in [0.4, 0.5) is 0 Å². The second kappa shape index (κ2) is 5.22. The number of benzene rings is 2. The molecule has 0 N–H and O–H groups in total. The van der Waals surface area contributed by atoms with Gasteiger partial charge in [-0.05, 0) is 24.1 Å². The first kappa shape index (κ1) is 13.9. The van der Waals surface area contributed by atoms with Crippen molar-refractivity contribution < 1.29 is 4.74 Å². The maximum atomic E-state index is 5.56. The van der Waals surface area contributed by atoms with E-state index in [2.05, 4.69) is 63.0 Å². The van der Waals surface area contributed by atoms with Crippen molar-refractivity contribution in [1.82, 2.24) is 0 Å². The Morgan fingerprint density at radius 2 is 1.58 bits per heavy atom. The molecular formula is C17H22OSi. The topological polar surface area (TPSA) is 9.23 Å². The van der Waals surface area contributed by atoms with Crippen molar-refractivity contribution in [2.24, 2.45) is 0 Å². The van der Waals surface area contributed by atoms with Crippen molar-refractivity contribution in [1.29, 1.82) is 0 Å². The molecule has 0 spiro atoms. The van der Waals surface area contributed by atoms with Gasteiger partial charge in [0.2, 0.25) is 0 Å². The number of rotatable bonds is 3. The quantitative estimate of drug-likeness (QED) is 0.759. The lowest BCUT2D eigenvalue weighted by Gasteiger charge is -2.23. The van der Waals surface area contributed by atoms with Gasteiger partial charge in [-0.25, -0.2) is 0 Å². The van der Waals surface area contributed by atoms with E-state index in [-0.39, 0.29) is 0 Å². The second-order valence-corrected chi connectivity index (χ2v) is 11.0. The molecular weight excluding hydrogens is 248 g/mol. The minimum Gasteiger partial charge on any atom is -0.496 e. The average Bonchev–Trinajstić information content (AvgIpc) is 2.37. The second-order valence-electron chi connectivity index (χ2n) is 5.95. The van der Waals surface area contributed by atoms with Gasteiger partial charge in [0.05, 0.1) is 15.2 Å². The molecule has 0 saturated heterocycles. The molecule has 0 aliphatic carbocycles. The Hall–Kier alpha value is -1.54. The lowest BCUT2D eigenvalue weighted by Crippen LogP contribution is -2.38. The lowest BCUT2D eigenvalue weighted by molar-refractivity contribution is 0.416. The fraction of sp³-hybridized carbons (Fsp3) is 0.294. The highest BCUT2D eigenvalue weighted by molar-refractivity contribution is 6.89. The molecule has 0 aliphatic heterocycles. The summed E-state index contributed by atoms with van der Waals surface area (Å²) in [6.07, 6.45) is 0. The minimum absolute atomic E-state index is 0.964. The van der Waals surface area contributed by atoms with E-state index in [1.807, 2.05) is 6.07 Å². The number of methoxy groups -OCH3 is 1. The standard InChI is InChI=1S/C17H22OSi/c1-13-9-8-11-15(18-2)17(13)14-10-6-7-12-16(14)19(3,4)5/h6-12H,1-5H3. The maximum absolute atomic E-state index is 5.56. The van der Waals surface area contributed by atoms with Crippen LogP contribution in [-0.2, 0) is 0 Å². The SMILES string of the molecule is COc1cccc(C)c1-c1ccccc1[Si](C)(C)C. The monoisotopic (exact) mass is 270 g/mol. The Kier molecular flexibility index (Phi) is 3.81. The van der Waals surface area contributed by atoms with Crippen LogP contribution in [0.15, 0.2) is 42.5 Å². The zero-order valence-corrected chi connectivity index (χ0v) is 13.4. The van der Waals surface area contributed by atoms with E-state index in [1.54, 1.807) is 7.11 Å². The molecule has 0 aromatic heterocycles. The van der Waals surface area contributed by atoms with Gasteiger partial charge in [-0.3, -0.25) is 0 Å².